The molecule has 250 valence electrons. The van der Waals surface area contributed by atoms with Gasteiger partial charge in [-0.2, -0.15) is 0 Å². The minimum absolute atomic E-state index is 0.112. The number of benzene rings is 2. The smallest absolute Gasteiger partial charge is 0.191 e. The predicted octanol–water partition coefficient (Wildman–Crippen LogP) is 4.52. The summed E-state index contributed by atoms with van der Waals surface area (Å²) < 4.78 is 22.2. The number of carbonyl (C=O) groups is 1. The van der Waals surface area contributed by atoms with E-state index < -0.39 is 11.8 Å². The van der Waals surface area contributed by atoms with Crippen LogP contribution in [0, 0.1) is 24.6 Å². The molecule has 0 unspecified atom stereocenters. The zero-order valence-electron chi connectivity index (χ0n) is 27.5. The SMILES string of the molecule is Cc1cc(N(C)c2nc(C(=O)[O-])c(CCCOc3ccc(C#CCNCC[N+](C)(C)C)cc3F)s2)nnc1Nc1nc2ccccc2s1. The molecule has 5 rings (SSSR count). The number of hydrogen-bond donors (Lipinski definition) is 2. The van der Waals surface area contributed by atoms with Gasteiger partial charge in [0.1, 0.15) is 5.69 Å². The first-order chi connectivity index (χ1) is 23.0. The fraction of sp³-hybridized carbons (Fsp3) is 0.324. The van der Waals surface area contributed by atoms with Crippen molar-refractivity contribution in [1.29, 1.82) is 0 Å². The van der Waals surface area contributed by atoms with Crippen molar-refractivity contribution < 1.29 is 23.5 Å². The molecule has 2 N–H and O–H groups in total. The monoisotopic (exact) mass is 688 g/mol. The van der Waals surface area contributed by atoms with Crippen molar-refractivity contribution >= 4 is 60.8 Å². The Morgan fingerprint density at radius 2 is 1.92 bits per heavy atom. The second kappa shape index (κ2) is 15.5. The number of thiazole rings is 2. The summed E-state index contributed by atoms with van der Waals surface area (Å²) in [4.78, 5) is 23.0. The summed E-state index contributed by atoms with van der Waals surface area (Å²) in [6.07, 6.45) is 0.799. The lowest BCUT2D eigenvalue weighted by Crippen LogP contribution is -2.40. The number of nitrogens with one attached hydrogen (secondary N) is 2. The molecule has 0 spiro atoms. The number of aromatic nitrogens is 4. The number of carboxylic acid groups (broad SMARTS) is 1. The van der Waals surface area contributed by atoms with Crippen LogP contribution in [0.1, 0.15) is 32.9 Å². The number of hydrogen-bond acceptors (Lipinski definition) is 12. The lowest BCUT2D eigenvalue weighted by molar-refractivity contribution is -0.869. The van der Waals surface area contributed by atoms with Crippen molar-refractivity contribution in [2.24, 2.45) is 0 Å². The number of quaternary nitrogens is 1. The lowest BCUT2D eigenvalue weighted by Gasteiger charge is -2.23. The quantitative estimate of drug-likeness (QED) is 0.0977. The Labute approximate surface area is 287 Å². The molecule has 0 aliphatic heterocycles. The fourth-order valence-electron chi connectivity index (χ4n) is 4.52. The Bertz CT molecular complexity index is 1930. The molecular formula is C34H37FN8O3S2. The number of likely N-dealkylation sites (N-methyl/N-ethyl adjacent to an activating group) is 1. The lowest BCUT2D eigenvalue weighted by atomic mass is 10.2. The average molecular weight is 689 g/mol. The Balaban J connectivity index is 1.15. The third-order valence-corrected chi connectivity index (χ3v) is 9.29. The van der Waals surface area contributed by atoms with Gasteiger partial charge in [0.25, 0.3) is 0 Å². The minimum atomic E-state index is -1.37. The van der Waals surface area contributed by atoms with Gasteiger partial charge in [-0.25, -0.2) is 14.4 Å². The number of fused-ring (bicyclic) bond motifs is 1. The molecule has 0 aliphatic carbocycles. The third-order valence-electron chi connectivity index (χ3n) is 7.14. The summed E-state index contributed by atoms with van der Waals surface area (Å²) in [6.45, 7) is 4.43. The molecule has 0 atom stereocenters. The molecule has 3 heterocycles. The average Bonchev–Trinajstić information content (AvgIpc) is 3.66. The summed E-state index contributed by atoms with van der Waals surface area (Å²) in [7, 11) is 8.13. The van der Waals surface area contributed by atoms with E-state index in [1.807, 2.05) is 37.3 Å². The van der Waals surface area contributed by atoms with Gasteiger partial charge >= 0.3 is 0 Å². The highest BCUT2D eigenvalue weighted by atomic mass is 32.1. The maximum atomic E-state index is 14.7. The largest absolute Gasteiger partial charge is 0.543 e. The molecule has 14 heteroatoms. The molecule has 11 nitrogen and oxygen atoms in total. The van der Waals surface area contributed by atoms with Crippen molar-refractivity contribution in [2.45, 2.75) is 19.8 Å². The van der Waals surface area contributed by atoms with E-state index in [0.717, 1.165) is 33.4 Å². The topological polar surface area (TPSA) is 128 Å². The number of aryl methyl sites for hydroxylation is 2. The van der Waals surface area contributed by atoms with Crippen LogP contribution in [0.3, 0.4) is 0 Å². The molecule has 0 saturated heterocycles. The van der Waals surface area contributed by atoms with Gasteiger partial charge in [-0.3, -0.25) is 0 Å². The Hall–Kier alpha value is -4.68. The highest BCUT2D eigenvalue weighted by Gasteiger charge is 2.18. The van der Waals surface area contributed by atoms with Crippen molar-refractivity contribution in [3.63, 3.8) is 0 Å². The summed E-state index contributed by atoms with van der Waals surface area (Å²) >= 11 is 2.74. The van der Waals surface area contributed by atoms with E-state index in [2.05, 4.69) is 63.8 Å². The first-order valence-corrected chi connectivity index (χ1v) is 16.9. The summed E-state index contributed by atoms with van der Waals surface area (Å²) in [5.74, 6) is 5.27. The van der Waals surface area contributed by atoms with Gasteiger partial charge in [-0.1, -0.05) is 35.3 Å². The molecule has 0 aliphatic rings. The Kier molecular flexibility index (Phi) is 11.2. The molecule has 0 radical (unpaired) electrons. The summed E-state index contributed by atoms with van der Waals surface area (Å²) in [5.41, 5.74) is 2.16. The third kappa shape index (κ3) is 9.23. The van der Waals surface area contributed by atoms with E-state index in [0.29, 0.717) is 51.7 Å². The summed E-state index contributed by atoms with van der Waals surface area (Å²) in [6, 6.07) is 14.3. The maximum Gasteiger partial charge on any atom is 0.191 e. The van der Waals surface area contributed by atoms with Gasteiger partial charge in [0.15, 0.2) is 33.5 Å². The number of para-hydroxylation sites is 1. The first-order valence-electron chi connectivity index (χ1n) is 15.3. The van der Waals surface area contributed by atoms with Crippen LogP contribution in [-0.4, -0.2) is 85.0 Å². The van der Waals surface area contributed by atoms with Gasteiger partial charge in [0.2, 0.25) is 0 Å². The fourth-order valence-corrected chi connectivity index (χ4v) is 6.44. The number of anilines is 4. The number of halogens is 1. The van der Waals surface area contributed by atoms with Gasteiger partial charge in [0.05, 0.1) is 57.0 Å². The molecule has 0 fully saturated rings. The summed E-state index contributed by atoms with van der Waals surface area (Å²) in [5, 5.41) is 28.2. The number of carbonyl (C=O) groups excluding carboxylic acids is 1. The van der Waals surface area contributed by atoms with Crippen LogP contribution in [0.5, 0.6) is 5.75 Å². The number of carboxylic acids is 1. The second-order valence-electron chi connectivity index (χ2n) is 12.1. The van der Waals surface area contributed by atoms with Crippen molar-refractivity contribution in [3.8, 4) is 17.6 Å². The Morgan fingerprint density at radius 3 is 2.65 bits per heavy atom. The van der Waals surface area contributed by atoms with Crippen LogP contribution >= 0.6 is 22.7 Å². The van der Waals surface area contributed by atoms with Gasteiger partial charge in [0, 0.05) is 24.0 Å². The van der Waals surface area contributed by atoms with Crippen molar-refractivity contribution in [2.75, 3.05) is 64.6 Å². The highest BCUT2D eigenvalue weighted by molar-refractivity contribution is 7.22. The first kappa shape index (κ1) is 34.6. The van der Waals surface area contributed by atoms with Crippen LogP contribution in [0.15, 0.2) is 48.5 Å². The molecule has 5 aromatic rings. The molecule has 2 aromatic carbocycles. The Morgan fingerprint density at radius 1 is 1.10 bits per heavy atom. The molecule has 0 amide bonds. The molecule has 48 heavy (non-hydrogen) atoms. The molecule has 0 bridgehead atoms. The van der Waals surface area contributed by atoms with E-state index in [1.165, 1.54) is 28.7 Å². The minimum Gasteiger partial charge on any atom is -0.543 e. The van der Waals surface area contributed by atoms with E-state index in [-0.39, 0.29) is 18.1 Å². The predicted molar refractivity (Wildman–Crippen MR) is 187 cm³/mol. The maximum absolute atomic E-state index is 14.7. The van der Waals surface area contributed by atoms with Crippen molar-refractivity contribution in [3.05, 3.63) is 76.0 Å². The van der Waals surface area contributed by atoms with E-state index in [9.17, 15) is 14.3 Å². The van der Waals surface area contributed by atoms with Crippen LogP contribution in [0.2, 0.25) is 0 Å². The van der Waals surface area contributed by atoms with Gasteiger partial charge in [-0.05, 0) is 61.7 Å². The molecule has 0 saturated carbocycles. The zero-order valence-corrected chi connectivity index (χ0v) is 29.1. The van der Waals surface area contributed by atoms with E-state index in [4.69, 9.17) is 4.74 Å². The normalized spacial score (nSPS) is 11.3. The van der Waals surface area contributed by atoms with Crippen LogP contribution < -0.4 is 25.4 Å². The van der Waals surface area contributed by atoms with Crippen molar-refractivity contribution in [1.82, 2.24) is 25.5 Å². The number of rotatable bonds is 14. The molecular weight excluding hydrogens is 652 g/mol. The van der Waals surface area contributed by atoms with Gasteiger partial charge in [-0.15, -0.1) is 21.5 Å². The molecule has 3 aromatic heterocycles. The zero-order chi connectivity index (χ0) is 34.3. The van der Waals surface area contributed by atoms with Crippen LogP contribution in [0.25, 0.3) is 10.2 Å². The van der Waals surface area contributed by atoms with E-state index in [1.54, 1.807) is 24.1 Å². The standard InChI is InChI=1S/C34H37FN8O3S2/c1-22-20-29(40-41-31(22)39-33-37-25-11-6-7-12-27(25)47-33)42(2)34-38-30(32(44)45)28(48-34)13-9-19-46-26-15-14-23(21-24(26)35)10-8-16-36-17-18-43(3,4)5/h6-7,11-12,14-15,20-21,36H,9,13,16-19H2,1-5H3,(H-,37,39,41,44,45). The number of aromatic carboxylic acids is 1. The second-order valence-corrected chi connectivity index (χ2v) is 14.1. The van der Waals surface area contributed by atoms with Gasteiger partial charge < -0.3 is 34.7 Å². The highest BCUT2D eigenvalue weighted by Crippen LogP contribution is 2.33. The van der Waals surface area contributed by atoms with Crippen LogP contribution in [0.4, 0.5) is 26.3 Å². The van der Waals surface area contributed by atoms with Crippen LogP contribution in [-0.2, 0) is 6.42 Å². The number of ether oxygens (including phenoxy) is 1. The van der Waals surface area contributed by atoms with E-state index >= 15 is 0 Å². The number of nitrogens with zero attached hydrogens (tertiary/aromatic N) is 6.